The molecule has 0 saturated heterocycles. The minimum atomic E-state index is 0.150. The maximum Gasteiger partial charge on any atom is 0.227 e. The van der Waals surface area contributed by atoms with E-state index in [-0.39, 0.29) is 11.8 Å². The molecule has 2 aromatic rings. The molecule has 6 nitrogen and oxygen atoms in total. The highest BCUT2D eigenvalue weighted by Gasteiger charge is 2.22. The highest BCUT2D eigenvalue weighted by Crippen LogP contribution is 2.26. The van der Waals surface area contributed by atoms with Crippen LogP contribution in [0.5, 0.6) is 0 Å². The first-order valence-corrected chi connectivity index (χ1v) is 10.8. The van der Waals surface area contributed by atoms with Crippen molar-refractivity contribution >= 4 is 28.9 Å². The number of hydrogen-bond acceptors (Lipinski definition) is 4. The smallest absolute Gasteiger partial charge is 0.227 e. The van der Waals surface area contributed by atoms with Gasteiger partial charge in [-0.05, 0) is 37.5 Å². The van der Waals surface area contributed by atoms with Crippen molar-refractivity contribution in [2.24, 2.45) is 10.9 Å². The van der Waals surface area contributed by atoms with Crippen LogP contribution in [0.1, 0.15) is 41.9 Å². The lowest BCUT2D eigenvalue weighted by molar-refractivity contribution is -0.119. The largest absolute Gasteiger partial charge is 0.356 e. The second kappa shape index (κ2) is 10.2. The van der Waals surface area contributed by atoms with Crippen LogP contribution in [0, 0.1) is 12.8 Å². The van der Waals surface area contributed by atoms with E-state index in [0.29, 0.717) is 6.54 Å². The minimum absolute atomic E-state index is 0.150. The van der Waals surface area contributed by atoms with Gasteiger partial charge in [-0.3, -0.25) is 9.79 Å². The number of rotatable bonds is 7. The van der Waals surface area contributed by atoms with Crippen LogP contribution < -0.4 is 16.0 Å². The third-order valence-corrected chi connectivity index (χ3v) is 5.77. The van der Waals surface area contributed by atoms with Gasteiger partial charge in [0.1, 0.15) is 0 Å². The van der Waals surface area contributed by atoms with Gasteiger partial charge in [-0.2, -0.15) is 0 Å². The Bertz CT molecular complexity index is 811. The molecule has 0 spiro atoms. The molecule has 28 heavy (non-hydrogen) atoms. The van der Waals surface area contributed by atoms with Crippen LogP contribution in [0.4, 0.5) is 5.69 Å². The number of guanidine groups is 1. The Balaban J connectivity index is 1.45. The second-order valence-corrected chi connectivity index (χ2v) is 8.19. The summed E-state index contributed by atoms with van der Waals surface area (Å²) in [5, 5.41) is 12.9. The predicted molar refractivity (Wildman–Crippen MR) is 116 cm³/mol. The zero-order valence-electron chi connectivity index (χ0n) is 16.6. The number of nitrogens with zero attached hydrogens (tertiary/aromatic N) is 2. The molecule has 1 saturated carbocycles. The van der Waals surface area contributed by atoms with Crippen LogP contribution in [0.2, 0.25) is 0 Å². The lowest BCUT2D eigenvalue weighted by Gasteiger charge is -2.13. The van der Waals surface area contributed by atoms with Crippen molar-refractivity contribution in [1.29, 1.82) is 0 Å². The minimum Gasteiger partial charge on any atom is -0.356 e. The monoisotopic (exact) mass is 399 g/mol. The fourth-order valence-corrected chi connectivity index (χ4v) is 4.08. The van der Waals surface area contributed by atoms with E-state index in [0.717, 1.165) is 66.6 Å². The van der Waals surface area contributed by atoms with Crippen LogP contribution in [0.15, 0.2) is 34.6 Å². The molecule has 0 aliphatic heterocycles. The van der Waals surface area contributed by atoms with E-state index < -0.39 is 0 Å². The number of benzene rings is 1. The number of nitrogens with one attached hydrogen (secondary N) is 3. The molecule has 0 unspecified atom stereocenters. The molecule has 1 amide bonds. The van der Waals surface area contributed by atoms with Crippen LogP contribution in [0.25, 0.3) is 0 Å². The molecule has 0 radical (unpaired) electrons. The summed E-state index contributed by atoms with van der Waals surface area (Å²) < 4.78 is 0. The first kappa shape index (κ1) is 20.3. The standard InChI is InChI=1S/C21H29N5OS/c1-15-25-19(14-28-15)10-11-23-21(22-2)24-13-16-6-5-9-18(12-16)26-20(27)17-7-3-4-8-17/h5-6,9,12,14,17H,3-4,7-8,10-11,13H2,1-2H3,(H,26,27)(H2,22,23,24). The number of aliphatic imine (C=N–C) groups is 1. The van der Waals surface area contributed by atoms with Gasteiger partial charge >= 0.3 is 0 Å². The molecule has 1 aromatic heterocycles. The third-order valence-electron chi connectivity index (χ3n) is 4.94. The molecular weight excluding hydrogens is 370 g/mol. The first-order valence-electron chi connectivity index (χ1n) is 9.89. The van der Waals surface area contributed by atoms with Crippen molar-refractivity contribution in [3.8, 4) is 0 Å². The topological polar surface area (TPSA) is 78.4 Å². The summed E-state index contributed by atoms with van der Waals surface area (Å²) in [7, 11) is 1.76. The predicted octanol–water partition coefficient (Wildman–Crippen LogP) is 3.49. The third kappa shape index (κ3) is 6.05. The molecule has 150 valence electrons. The summed E-state index contributed by atoms with van der Waals surface area (Å²) in [5.74, 6) is 1.08. The van der Waals surface area contributed by atoms with Gasteiger partial charge in [-0.25, -0.2) is 4.98 Å². The van der Waals surface area contributed by atoms with Crippen LogP contribution in [-0.2, 0) is 17.8 Å². The van der Waals surface area contributed by atoms with Crippen molar-refractivity contribution in [3.05, 3.63) is 45.9 Å². The normalized spacial score (nSPS) is 14.9. The lowest BCUT2D eigenvalue weighted by atomic mass is 10.1. The Labute approximate surface area is 170 Å². The summed E-state index contributed by atoms with van der Waals surface area (Å²) in [6.07, 6.45) is 5.21. The molecule has 0 atom stereocenters. The maximum atomic E-state index is 12.3. The van der Waals surface area contributed by atoms with Gasteiger partial charge in [0.25, 0.3) is 0 Å². The molecule has 1 heterocycles. The van der Waals surface area contributed by atoms with E-state index in [1.807, 2.05) is 31.2 Å². The maximum absolute atomic E-state index is 12.3. The van der Waals surface area contributed by atoms with Crippen molar-refractivity contribution in [3.63, 3.8) is 0 Å². The number of anilines is 1. The van der Waals surface area contributed by atoms with E-state index in [1.54, 1.807) is 18.4 Å². The number of amides is 1. The number of carbonyl (C=O) groups excluding carboxylic acids is 1. The summed E-state index contributed by atoms with van der Waals surface area (Å²) in [6, 6.07) is 7.98. The molecule has 1 aliphatic rings. The van der Waals surface area contributed by atoms with E-state index in [2.05, 4.69) is 31.3 Å². The van der Waals surface area contributed by atoms with Gasteiger partial charge in [-0.1, -0.05) is 25.0 Å². The zero-order chi connectivity index (χ0) is 19.8. The Hall–Kier alpha value is -2.41. The highest BCUT2D eigenvalue weighted by molar-refractivity contribution is 7.09. The van der Waals surface area contributed by atoms with Gasteiger partial charge in [0.2, 0.25) is 5.91 Å². The molecule has 0 bridgehead atoms. The van der Waals surface area contributed by atoms with Crippen molar-refractivity contribution in [2.75, 3.05) is 18.9 Å². The fourth-order valence-electron chi connectivity index (χ4n) is 3.43. The van der Waals surface area contributed by atoms with Gasteiger partial charge in [0, 0.05) is 43.5 Å². The average molecular weight is 400 g/mol. The SMILES string of the molecule is CN=C(NCCc1csc(C)n1)NCc1cccc(NC(=O)C2CCCC2)c1. The van der Waals surface area contributed by atoms with Crippen molar-refractivity contribution in [2.45, 2.75) is 45.6 Å². The second-order valence-electron chi connectivity index (χ2n) is 7.13. The van der Waals surface area contributed by atoms with Gasteiger partial charge in [0.15, 0.2) is 5.96 Å². The van der Waals surface area contributed by atoms with E-state index in [4.69, 9.17) is 0 Å². The molecule has 3 N–H and O–H groups in total. The Morgan fingerprint density at radius 2 is 2.11 bits per heavy atom. The number of hydrogen-bond donors (Lipinski definition) is 3. The van der Waals surface area contributed by atoms with Gasteiger partial charge in [-0.15, -0.1) is 11.3 Å². The van der Waals surface area contributed by atoms with Crippen LogP contribution >= 0.6 is 11.3 Å². The summed E-state index contributed by atoms with van der Waals surface area (Å²) in [4.78, 5) is 21.1. The molecule has 3 rings (SSSR count). The number of aryl methyl sites for hydroxylation is 1. The molecule has 1 aliphatic carbocycles. The van der Waals surface area contributed by atoms with E-state index >= 15 is 0 Å². The molecular formula is C21H29N5OS. The quantitative estimate of drug-likeness (QED) is 0.492. The average Bonchev–Trinajstić information content (AvgIpc) is 3.37. The summed E-state index contributed by atoms with van der Waals surface area (Å²) >= 11 is 1.68. The summed E-state index contributed by atoms with van der Waals surface area (Å²) in [5.41, 5.74) is 3.07. The van der Waals surface area contributed by atoms with E-state index in [1.165, 1.54) is 0 Å². The fraction of sp³-hybridized carbons (Fsp3) is 0.476. The lowest BCUT2D eigenvalue weighted by Crippen LogP contribution is -2.37. The van der Waals surface area contributed by atoms with Crippen LogP contribution in [-0.4, -0.2) is 30.4 Å². The van der Waals surface area contributed by atoms with Gasteiger partial charge in [0.05, 0.1) is 10.7 Å². The van der Waals surface area contributed by atoms with Gasteiger partial charge < -0.3 is 16.0 Å². The highest BCUT2D eigenvalue weighted by atomic mass is 32.1. The molecule has 7 heteroatoms. The zero-order valence-corrected chi connectivity index (χ0v) is 17.4. The number of carbonyl (C=O) groups is 1. The first-order chi connectivity index (χ1) is 13.6. The Morgan fingerprint density at radius 1 is 1.29 bits per heavy atom. The number of thiazole rings is 1. The number of aromatic nitrogens is 1. The molecule has 1 fully saturated rings. The van der Waals surface area contributed by atoms with Crippen LogP contribution in [0.3, 0.4) is 0 Å². The van der Waals surface area contributed by atoms with E-state index in [9.17, 15) is 4.79 Å². The molecule has 1 aromatic carbocycles. The summed E-state index contributed by atoms with van der Waals surface area (Å²) in [6.45, 7) is 3.44. The van der Waals surface area contributed by atoms with Crippen molar-refractivity contribution in [1.82, 2.24) is 15.6 Å². The Kier molecular flexibility index (Phi) is 7.42. The Morgan fingerprint density at radius 3 is 2.82 bits per heavy atom. The van der Waals surface area contributed by atoms with Crippen molar-refractivity contribution < 1.29 is 4.79 Å².